The van der Waals surface area contributed by atoms with Crippen molar-refractivity contribution in [2.45, 2.75) is 29.8 Å². The van der Waals surface area contributed by atoms with Crippen molar-refractivity contribution < 1.29 is 18.0 Å². The lowest BCUT2D eigenvalue weighted by molar-refractivity contribution is -0.137. The lowest BCUT2D eigenvalue weighted by atomic mass is 9.97. The van der Waals surface area contributed by atoms with Crippen molar-refractivity contribution in [3.05, 3.63) is 59.0 Å². The molecule has 1 unspecified atom stereocenters. The lowest BCUT2D eigenvalue weighted by Gasteiger charge is -2.32. The lowest BCUT2D eigenvalue weighted by Crippen LogP contribution is -2.40. The quantitative estimate of drug-likeness (QED) is 0.526. The minimum absolute atomic E-state index is 0.00977. The standard InChI is InChI=1S/C20H18ClF3N4OS/c21-15-4-6-16(7-5-15)30-12-18(29)27-9-1-2-13(10-27)19-26-25-17-8-3-14(11-28(17)19)20(22,23)24/h3-8,11,13H,1-2,9-10,12H2. The third-order valence-electron chi connectivity index (χ3n) is 5.07. The molecule has 1 amide bonds. The van der Waals surface area contributed by atoms with Gasteiger partial charge in [0.15, 0.2) is 5.65 Å². The number of amides is 1. The van der Waals surface area contributed by atoms with Gasteiger partial charge in [-0.3, -0.25) is 9.20 Å². The molecule has 1 aromatic carbocycles. The minimum Gasteiger partial charge on any atom is -0.341 e. The summed E-state index contributed by atoms with van der Waals surface area (Å²) in [7, 11) is 0. The molecule has 0 radical (unpaired) electrons. The Morgan fingerprint density at radius 1 is 1.17 bits per heavy atom. The number of likely N-dealkylation sites (tertiary alicyclic amines) is 1. The summed E-state index contributed by atoms with van der Waals surface area (Å²) in [4.78, 5) is 15.4. The molecule has 3 aromatic rings. The molecule has 0 bridgehead atoms. The van der Waals surface area contributed by atoms with Crippen LogP contribution in [0.15, 0.2) is 47.5 Å². The van der Waals surface area contributed by atoms with Crippen molar-refractivity contribution in [3.63, 3.8) is 0 Å². The van der Waals surface area contributed by atoms with E-state index in [9.17, 15) is 18.0 Å². The van der Waals surface area contributed by atoms with E-state index in [0.717, 1.165) is 30.0 Å². The molecule has 158 valence electrons. The number of hydrogen-bond acceptors (Lipinski definition) is 4. The number of halogens is 4. The normalized spacial score (nSPS) is 17.5. The zero-order valence-corrected chi connectivity index (χ0v) is 17.3. The molecule has 4 rings (SSSR count). The average Bonchev–Trinajstić information content (AvgIpc) is 3.16. The van der Waals surface area contributed by atoms with Crippen LogP contribution < -0.4 is 0 Å². The number of nitrogens with zero attached hydrogens (tertiary/aromatic N) is 4. The van der Waals surface area contributed by atoms with E-state index < -0.39 is 11.7 Å². The fourth-order valence-electron chi connectivity index (χ4n) is 3.54. The van der Waals surface area contributed by atoms with Gasteiger partial charge in [-0.25, -0.2) is 0 Å². The highest BCUT2D eigenvalue weighted by atomic mass is 35.5. The predicted molar refractivity (Wildman–Crippen MR) is 109 cm³/mol. The van der Waals surface area contributed by atoms with Gasteiger partial charge in [0.1, 0.15) is 5.82 Å². The summed E-state index contributed by atoms with van der Waals surface area (Å²) in [6.07, 6.45) is -1.91. The fourth-order valence-corrected chi connectivity index (χ4v) is 4.46. The van der Waals surface area contributed by atoms with Crippen LogP contribution in [0.4, 0.5) is 13.2 Å². The predicted octanol–water partition coefficient (Wildman–Crippen LogP) is 4.90. The van der Waals surface area contributed by atoms with Gasteiger partial charge in [-0.2, -0.15) is 13.2 Å². The first-order valence-electron chi connectivity index (χ1n) is 9.39. The van der Waals surface area contributed by atoms with Crippen molar-refractivity contribution in [3.8, 4) is 0 Å². The second-order valence-electron chi connectivity index (χ2n) is 7.12. The molecular formula is C20H18ClF3N4OS. The van der Waals surface area contributed by atoms with Crippen LogP contribution in [0.3, 0.4) is 0 Å². The second-order valence-corrected chi connectivity index (χ2v) is 8.61. The van der Waals surface area contributed by atoms with E-state index in [2.05, 4.69) is 10.2 Å². The summed E-state index contributed by atoms with van der Waals surface area (Å²) >= 11 is 7.31. The number of rotatable bonds is 4. The number of carbonyl (C=O) groups is 1. The van der Waals surface area contributed by atoms with E-state index in [1.165, 1.54) is 22.2 Å². The minimum atomic E-state index is -4.44. The van der Waals surface area contributed by atoms with Gasteiger partial charge < -0.3 is 4.90 Å². The first-order valence-corrected chi connectivity index (χ1v) is 10.8. The van der Waals surface area contributed by atoms with Crippen LogP contribution in [-0.2, 0) is 11.0 Å². The highest BCUT2D eigenvalue weighted by Gasteiger charge is 2.32. The number of aromatic nitrogens is 3. The van der Waals surface area contributed by atoms with E-state index >= 15 is 0 Å². The number of thioether (sulfide) groups is 1. The summed E-state index contributed by atoms with van der Waals surface area (Å²) in [5, 5.41) is 8.76. The van der Waals surface area contributed by atoms with Crippen molar-refractivity contribution in [2.75, 3.05) is 18.8 Å². The Kier molecular flexibility index (Phi) is 5.92. The molecule has 10 heteroatoms. The van der Waals surface area contributed by atoms with Crippen molar-refractivity contribution in [1.82, 2.24) is 19.5 Å². The van der Waals surface area contributed by atoms with Gasteiger partial charge >= 0.3 is 6.18 Å². The molecular weight excluding hydrogens is 437 g/mol. The van der Waals surface area contributed by atoms with Crippen LogP contribution in [-0.4, -0.2) is 44.2 Å². The van der Waals surface area contributed by atoms with Gasteiger partial charge in [-0.15, -0.1) is 22.0 Å². The maximum Gasteiger partial charge on any atom is 0.417 e. The number of alkyl halides is 3. The Morgan fingerprint density at radius 3 is 2.67 bits per heavy atom. The van der Waals surface area contributed by atoms with Crippen LogP contribution in [0.25, 0.3) is 5.65 Å². The Bertz CT molecular complexity index is 1050. The number of fused-ring (bicyclic) bond motifs is 1. The molecule has 30 heavy (non-hydrogen) atoms. The molecule has 0 saturated carbocycles. The maximum atomic E-state index is 13.1. The number of pyridine rings is 1. The summed E-state index contributed by atoms with van der Waals surface area (Å²) < 4.78 is 40.7. The highest BCUT2D eigenvalue weighted by molar-refractivity contribution is 8.00. The Balaban J connectivity index is 1.47. The molecule has 0 spiro atoms. The molecule has 0 N–H and O–H groups in total. The largest absolute Gasteiger partial charge is 0.417 e. The third kappa shape index (κ3) is 4.57. The molecule has 1 atom stereocenters. The average molecular weight is 455 g/mol. The SMILES string of the molecule is O=C(CSc1ccc(Cl)cc1)N1CCCC(c2nnc3ccc(C(F)(F)F)cn23)C1. The van der Waals surface area contributed by atoms with Gasteiger partial charge in [0.2, 0.25) is 5.91 Å². The molecule has 1 saturated heterocycles. The summed E-state index contributed by atoms with van der Waals surface area (Å²) in [6, 6.07) is 9.58. The Labute approximate surface area is 180 Å². The van der Waals surface area contributed by atoms with Gasteiger partial charge in [0.25, 0.3) is 0 Å². The van der Waals surface area contributed by atoms with E-state index in [0.29, 0.717) is 29.6 Å². The summed E-state index contributed by atoms with van der Waals surface area (Å²) in [5.41, 5.74) is -0.390. The van der Waals surface area contributed by atoms with E-state index in [1.54, 1.807) is 17.0 Å². The van der Waals surface area contributed by atoms with Gasteiger partial charge in [-0.05, 0) is 49.2 Å². The number of piperidine rings is 1. The van der Waals surface area contributed by atoms with Crippen LogP contribution in [0, 0.1) is 0 Å². The van der Waals surface area contributed by atoms with Gasteiger partial charge in [-0.1, -0.05) is 11.6 Å². The van der Waals surface area contributed by atoms with Crippen LogP contribution in [0.5, 0.6) is 0 Å². The number of benzene rings is 1. The Hall–Kier alpha value is -2.26. The maximum absolute atomic E-state index is 13.1. The fraction of sp³-hybridized carbons (Fsp3) is 0.350. The molecule has 0 aliphatic carbocycles. The van der Waals surface area contributed by atoms with Gasteiger partial charge in [0.05, 0.1) is 11.3 Å². The molecule has 2 aromatic heterocycles. The van der Waals surface area contributed by atoms with Gasteiger partial charge in [0, 0.05) is 35.1 Å². The van der Waals surface area contributed by atoms with E-state index in [4.69, 9.17) is 11.6 Å². The monoisotopic (exact) mass is 454 g/mol. The number of hydrogen-bond donors (Lipinski definition) is 0. The first kappa shape index (κ1) is 21.0. The summed E-state index contributed by atoms with van der Waals surface area (Å²) in [6.45, 7) is 1.04. The summed E-state index contributed by atoms with van der Waals surface area (Å²) in [5.74, 6) is 0.567. The smallest absolute Gasteiger partial charge is 0.341 e. The Morgan fingerprint density at radius 2 is 1.93 bits per heavy atom. The molecule has 3 heterocycles. The zero-order valence-electron chi connectivity index (χ0n) is 15.8. The van der Waals surface area contributed by atoms with Crippen molar-refractivity contribution >= 4 is 34.9 Å². The number of carbonyl (C=O) groups excluding carboxylic acids is 1. The van der Waals surface area contributed by atoms with E-state index in [1.807, 2.05) is 12.1 Å². The molecule has 1 aliphatic heterocycles. The van der Waals surface area contributed by atoms with Crippen LogP contribution in [0.2, 0.25) is 5.02 Å². The topological polar surface area (TPSA) is 50.5 Å². The van der Waals surface area contributed by atoms with E-state index in [-0.39, 0.29) is 17.6 Å². The molecule has 1 aliphatic rings. The van der Waals surface area contributed by atoms with Crippen molar-refractivity contribution in [2.24, 2.45) is 0 Å². The van der Waals surface area contributed by atoms with Crippen LogP contribution in [0.1, 0.15) is 30.1 Å². The first-order chi connectivity index (χ1) is 14.3. The molecule has 1 fully saturated rings. The second kappa shape index (κ2) is 8.47. The third-order valence-corrected chi connectivity index (χ3v) is 6.32. The van der Waals surface area contributed by atoms with Crippen LogP contribution >= 0.6 is 23.4 Å². The highest BCUT2D eigenvalue weighted by Crippen LogP contribution is 2.31. The molecule has 5 nitrogen and oxygen atoms in total. The zero-order chi connectivity index (χ0) is 21.3. The van der Waals surface area contributed by atoms with Crippen molar-refractivity contribution in [1.29, 1.82) is 0 Å².